The molecule has 1 aliphatic rings. The van der Waals surface area contributed by atoms with Gasteiger partial charge in [-0.15, -0.1) is 0 Å². The molecule has 0 aromatic heterocycles. The summed E-state index contributed by atoms with van der Waals surface area (Å²) in [6, 6.07) is 7.32. The van der Waals surface area contributed by atoms with E-state index in [2.05, 4.69) is 51.2 Å². The van der Waals surface area contributed by atoms with Gasteiger partial charge in [0.1, 0.15) is 0 Å². The minimum Gasteiger partial charge on any atom is -0.309 e. The third kappa shape index (κ3) is 1.93. The lowest BCUT2D eigenvalue weighted by Crippen LogP contribution is -2.17. The first-order valence-corrected chi connectivity index (χ1v) is 5.90. The Morgan fingerprint density at radius 2 is 1.93 bits per heavy atom. The number of benzene rings is 1. The molecule has 1 nitrogen and oxygen atoms in total. The molecule has 3 unspecified atom stereocenters. The summed E-state index contributed by atoms with van der Waals surface area (Å²) in [7, 11) is 0. The Kier molecular flexibility index (Phi) is 2.83. The van der Waals surface area contributed by atoms with Crippen LogP contribution in [0.5, 0.6) is 0 Å². The molecule has 1 heteroatoms. The normalized spacial score (nSPS) is 30.8. The molecular formula is C14H21N. The van der Waals surface area contributed by atoms with Gasteiger partial charge in [0, 0.05) is 6.04 Å². The van der Waals surface area contributed by atoms with Gasteiger partial charge in [0.15, 0.2) is 0 Å². The highest BCUT2D eigenvalue weighted by molar-refractivity contribution is 5.34. The van der Waals surface area contributed by atoms with E-state index in [4.69, 9.17) is 0 Å². The molecule has 0 radical (unpaired) electrons. The van der Waals surface area contributed by atoms with Crippen molar-refractivity contribution in [2.24, 2.45) is 11.8 Å². The first-order valence-electron chi connectivity index (χ1n) is 5.90. The SMILES string of the molecule is Cc1ccc(C)c(C2NCC(C)C2C)c1. The molecule has 82 valence electrons. The molecule has 0 bridgehead atoms. The van der Waals surface area contributed by atoms with E-state index < -0.39 is 0 Å². The molecule has 2 rings (SSSR count). The predicted octanol–water partition coefficient (Wildman–Crippen LogP) is 3.22. The molecule has 1 aromatic rings. The average Bonchev–Trinajstić information content (AvgIpc) is 2.52. The predicted molar refractivity (Wildman–Crippen MR) is 65.0 cm³/mol. The topological polar surface area (TPSA) is 12.0 Å². The second kappa shape index (κ2) is 3.97. The van der Waals surface area contributed by atoms with Crippen LogP contribution in [-0.2, 0) is 0 Å². The van der Waals surface area contributed by atoms with Crippen LogP contribution in [0, 0.1) is 25.7 Å². The quantitative estimate of drug-likeness (QED) is 0.739. The van der Waals surface area contributed by atoms with Gasteiger partial charge in [-0.3, -0.25) is 0 Å². The van der Waals surface area contributed by atoms with E-state index >= 15 is 0 Å². The highest BCUT2D eigenvalue weighted by Gasteiger charge is 2.30. The van der Waals surface area contributed by atoms with Crippen molar-refractivity contribution in [1.82, 2.24) is 5.32 Å². The van der Waals surface area contributed by atoms with Crippen LogP contribution < -0.4 is 5.32 Å². The lowest BCUT2D eigenvalue weighted by atomic mass is 9.87. The van der Waals surface area contributed by atoms with Gasteiger partial charge in [0.2, 0.25) is 0 Å². The van der Waals surface area contributed by atoms with Crippen molar-refractivity contribution in [1.29, 1.82) is 0 Å². The zero-order valence-corrected chi connectivity index (χ0v) is 10.2. The van der Waals surface area contributed by atoms with Crippen molar-refractivity contribution in [3.05, 3.63) is 34.9 Å². The van der Waals surface area contributed by atoms with E-state index in [9.17, 15) is 0 Å². The first-order chi connectivity index (χ1) is 7.09. The average molecular weight is 203 g/mol. The maximum absolute atomic E-state index is 3.64. The van der Waals surface area contributed by atoms with E-state index in [0.29, 0.717) is 6.04 Å². The third-order valence-electron chi connectivity index (χ3n) is 3.85. The third-order valence-corrected chi connectivity index (χ3v) is 3.85. The van der Waals surface area contributed by atoms with Gasteiger partial charge < -0.3 is 5.32 Å². The number of nitrogens with one attached hydrogen (secondary N) is 1. The van der Waals surface area contributed by atoms with Crippen LogP contribution in [0.3, 0.4) is 0 Å². The van der Waals surface area contributed by atoms with Crippen LogP contribution in [0.25, 0.3) is 0 Å². The fourth-order valence-electron chi connectivity index (χ4n) is 2.50. The van der Waals surface area contributed by atoms with Gasteiger partial charge >= 0.3 is 0 Å². The van der Waals surface area contributed by atoms with Gasteiger partial charge in [0.25, 0.3) is 0 Å². The van der Waals surface area contributed by atoms with Crippen molar-refractivity contribution >= 4 is 0 Å². The summed E-state index contributed by atoms with van der Waals surface area (Å²) in [4.78, 5) is 0. The van der Waals surface area contributed by atoms with Crippen molar-refractivity contribution < 1.29 is 0 Å². The van der Waals surface area contributed by atoms with Crippen LogP contribution in [0.4, 0.5) is 0 Å². The van der Waals surface area contributed by atoms with E-state index in [1.807, 2.05) is 0 Å². The lowest BCUT2D eigenvalue weighted by molar-refractivity contribution is 0.424. The van der Waals surface area contributed by atoms with Crippen LogP contribution in [0.2, 0.25) is 0 Å². The second-order valence-corrected chi connectivity index (χ2v) is 5.08. The van der Waals surface area contributed by atoms with E-state index in [1.165, 1.54) is 16.7 Å². The van der Waals surface area contributed by atoms with Gasteiger partial charge in [-0.1, -0.05) is 37.6 Å². The summed E-state index contributed by atoms with van der Waals surface area (Å²) >= 11 is 0. The minimum atomic E-state index is 0.555. The van der Waals surface area contributed by atoms with Gasteiger partial charge in [-0.2, -0.15) is 0 Å². The van der Waals surface area contributed by atoms with E-state index in [1.54, 1.807) is 0 Å². The molecule has 0 amide bonds. The fraction of sp³-hybridized carbons (Fsp3) is 0.571. The van der Waals surface area contributed by atoms with E-state index in [0.717, 1.165) is 18.4 Å². The molecule has 1 aliphatic heterocycles. The zero-order chi connectivity index (χ0) is 11.0. The van der Waals surface area contributed by atoms with Crippen molar-refractivity contribution in [2.75, 3.05) is 6.54 Å². The molecule has 15 heavy (non-hydrogen) atoms. The number of hydrogen-bond donors (Lipinski definition) is 1. The van der Waals surface area contributed by atoms with Crippen molar-refractivity contribution in [3.8, 4) is 0 Å². The lowest BCUT2D eigenvalue weighted by Gasteiger charge is -2.20. The first kappa shape index (κ1) is 10.7. The van der Waals surface area contributed by atoms with Crippen LogP contribution in [0.15, 0.2) is 18.2 Å². The largest absolute Gasteiger partial charge is 0.309 e. The summed E-state index contributed by atoms with van der Waals surface area (Å²) < 4.78 is 0. The van der Waals surface area contributed by atoms with Gasteiger partial charge in [-0.25, -0.2) is 0 Å². The minimum absolute atomic E-state index is 0.555. The molecule has 1 N–H and O–H groups in total. The standard InChI is InChI=1S/C14H21N/c1-9-5-6-10(2)13(7-9)14-12(4)11(3)8-15-14/h5-7,11-12,14-15H,8H2,1-4H3. The molecule has 1 saturated heterocycles. The van der Waals surface area contributed by atoms with Crippen LogP contribution >= 0.6 is 0 Å². The zero-order valence-electron chi connectivity index (χ0n) is 10.2. The maximum atomic E-state index is 3.64. The summed E-state index contributed by atoms with van der Waals surface area (Å²) in [5.41, 5.74) is 4.27. The second-order valence-electron chi connectivity index (χ2n) is 5.08. The molecular weight excluding hydrogens is 182 g/mol. The van der Waals surface area contributed by atoms with Crippen LogP contribution in [-0.4, -0.2) is 6.54 Å². The summed E-state index contributed by atoms with van der Waals surface area (Å²) in [5, 5.41) is 3.64. The monoisotopic (exact) mass is 203 g/mol. The molecule has 1 fully saturated rings. The Balaban J connectivity index is 2.33. The Morgan fingerprint density at radius 1 is 1.20 bits per heavy atom. The Bertz CT molecular complexity index is 356. The Hall–Kier alpha value is -0.820. The molecule has 0 spiro atoms. The number of hydrogen-bond acceptors (Lipinski definition) is 1. The summed E-state index contributed by atoms with van der Waals surface area (Å²) in [5.74, 6) is 1.53. The van der Waals surface area contributed by atoms with Gasteiger partial charge in [0.05, 0.1) is 0 Å². The molecule has 0 saturated carbocycles. The van der Waals surface area contributed by atoms with E-state index in [-0.39, 0.29) is 0 Å². The van der Waals surface area contributed by atoms with Crippen molar-refractivity contribution in [2.45, 2.75) is 33.7 Å². The smallest absolute Gasteiger partial charge is 0.0351 e. The van der Waals surface area contributed by atoms with Gasteiger partial charge in [-0.05, 0) is 43.4 Å². The number of rotatable bonds is 1. The maximum Gasteiger partial charge on any atom is 0.0351 e. The van der Waals surface area contributed by atoms with Crippen LogP contribution in [0.1, 0.15) is 36.6 Å². The molecule has 0 aliphatic carbocycles. The molecule has 3 atom stereocenters. The summed E-state index contributed by atoms with van der Waals surface area (Å²) in [6.45, 7) is 10.2. The number of aryl methyl sites for hydroxylation is 2. The Labute approximate surface area is 92.9 Å². The summed E-state index contributed by atoms with van der Waals surface area (Å²) in [6.07, 6.45) is 0. The molecule has 1 aromatic carbocycles. The molecule has 1 heterocycles. The fourth-order valence-corrected chi connectivity index (χ4v) is 2.50. The Morgan fingerprint density at radius 3 is 2.53 bits per heavy atom. The highest BCUT2D eigenvalue weighted by Crippen LogP contribution is 2.34. The highest BCUT2D eigenvalue weighted by atomic mass is 15.0. The van der Waals surface area contributed by atoms with Crippen molar-refractivity contribution in [3.63, 3.8) is 0 Å².